The average Bonchev–Trinajstić information content (AvgIpc) is 2.84. The van der Waals surface area contributed by atoms with Crippen molar-refractivity contribution in [2.24, 2.45) is 5.92 Å². The van der Waals surface area contributed by atoms with Crippen LogP contribution in [0.5, 0.6) is 0 Å². The molecule has 2 atom stereocenters. The van der Waals surface area contributed by atoms with Crippen LogP contribution in [0.3, 0.4) is 0 Å². The zero-order chi connectivity index (χ0) is 8.55. The Morgan fingerprint density at radius 1 is 1.58 bits per heavy atom. The molecule has 0 aromatic rings. The average molecular weight is 230 g/mol. The second-order valence-electron chi connectivity index (χ2n) is 4.06. The molecule has 0 amide bonds. The van der Waals surface area contributed by atoms with Gasteiger partial charge in [-0.05, 0) is 31.7 Å². The highest BCUT2D eigenvalue weighted by Gasteiger charge is 2.43. The lowest BCUT2D eigenvalue weighted by atomic mass is 10.1. The van der Waals surface area contributed by atoms with Crippen LogP contribution >= 0.6 is 15.9 Å². The van der Waals surface area contributed by atoms with Gasteiger partial charge in [0.2, 0.25) is 0 Å². The SMILES string of the molecule is C=C(CBr)CN1CCCC2CC21. The van der Waals surface area contributed by atoms with Crippen LogP contribution < -0.4 is 0 Å². The predicted molar refractivity (Wildman–Crippen MR) is 55.6 cm³/mol. The standard InChI is InChI=1S/C10H16BrN/c1-8(6-11)7-12-4-2-3-9-5-10(9)12/h9-10H,1-7H2. The van der Waals surface area contributed by atoms with Crippen LogP contribution in [0, 0.1) is 5.92 Å². The number of likely N-dealkylation sites (tertiary alicyclic amines) is 1. The topological polar surface area (TPSA) is 3.24 Å². The first-order chi connectivity index (χ1) is 5.81. The minimum Gasteiger partial charge on any atom is -0.296 e. The lowest BCUT2D eigenvalue weighted by Crippen LogP contribution is -2.33. The highest BCUT2D eigenvalue weighted by molar-refractivity contribution is 9.09. The van der Waals surface area contributed by atoms with Crippen molar-refractivity contribution in [3.8, 4) is 0 Å². The third-order valence-corrected chi connectivity index (χ3v) is 3.78. The van der Waals surface area contributed by atoms with Crippen molar-refractivity contribution in [1.82, 2.24) is 4.90 Å². The highest BCUT2D eigenvalue weighted by Crippen LogP contribution is 2.43. The number of halogens is 1. The van der Waals surface area contributed by atoms with E-state index >= 15 is 0 Å². The molecule has 0 spiro atoms. The minimum absolute atomic E-state index is 0.926. The molecule has 2 aliphatic rings. The lowest BCUT2D eigenvalue weighted by molar-refractivity contribution is 0.233. The summed E-state index contributed by atoms with van der Waals surface area (Å²) in [5, 5.41) is 0.959. The molecule has 2 fully saturated rings. The molecule has 1 nitrogen and oxygen atoms in total. The summed E-state index contributed by atoms with van der Waals surface area (Å²) in [6.45, 7) is 6.45. The molecule has 0 aromatic heterocycles. The molecule has 2 unspecified atom stereocenters. The number of rotatable bonds is 3. The normalized spacial score (nSPS) is 34.4. The molecule has 0 radical (unpaired) electrons. The van der Waals surface area contributed by atoms with E-state index in [0.29, 0.717) is 0 Å². The van der Waals surface area contributed by atoms with Gasteiger partial charge in [0.25, 0.3) is 0 Å². The molecule has 0 bridgehead atoms. The van der Waals surface area contributed by atoms with Gasteiger partial charge in [0, 0.05) is 17.9 Å². The van der Waals surface area contributed by atoms with E-state index in [9.17, 15) is 0 Å². The Balaban J connectivity index is 1.83. The Kier molecular flexibility index (Phi) is 2.56. The highest BCUT2D eigenvalue weighted by atomic mass is 79.9. The summed E-state index contributed by atoms with van der Waals surface area (Å²) in [4.78, 5) is 2.61. The molecule has 1 saturated heterocycles. The van der Waals surface area contributed by atoms with E-state index in [1.54, 1.807) is 0 Å². The Morgan fingerprint density at radius 3 is 3.17 bits per heavy atom. The Morgan fingerprint density at radius 2 is 2.42 bits per heavy atom. The van der Waals surface area contributed by atoms with Crippen LogP contribution in [0.4, 0.5) is 0 Å². The molecule has 1 saturated carbocycles. The van der Waals surface area contributed by atoms with Gasteiger partial charge < -0.3 is 0 Å². The van der Waals surface area contributed by atoms with Crippen molar-refractivity contribution >= 4 is 15.9 Å². The van der Waals surface area contributed by atoms with Crippen molar-refractivity contribution in [1.29, 1.82) is 0 Å². The third-order valence-electron chi connectivity index (χ3n) is 2.99. The summed E-state index contributed by atoms with van der Waals surface area (Å²) < 4.78 is 0. The second-order valence-corrected chi connectivity index (χ2v) is 4.62. The van der Waals surface area contributed by atoms with E-state index in [1.165, 1.54) is 31.4 Å². The minimum atomic E-state index is 0.926. The van der Waals surface area contributed by atoms with Crippen molar-refractivity contribution in [2.75, 3.05) is 18.4 Å². The summed E-state index contributed by atoms with van der Waals surface area (Å²) in [7, 11) is 0. The Hall–Kier alpha value is 0.180. The van der Waals surface area contributed by atoms with Gasteiger partial charge in [-0.15, -0.1) is 0 Å². The van der Waals surface area contributed by atoms with Crippen molar-refractivity contribution < 1.29 is 0 Å². The molecular weight excluding hydrogens is 214 g/mol. The lowest BCUT2D eigenvalue weighted by Gasteiger charge is -2.26. The summed E-state index contributed by atoms with van der Waals surface area (Å²) in [6, 6.07) is 0.926. The van der Waals surface area contributed by atoms with E-state index in [-0.39, 0.29) is 0 Å². The zero-order valence-electron chi connectivity index (χ0n) is 7.43. The van der Waals surface area contributed by atoms with E-state index < -0.39 is 0 Å². The predicted octanol–water partition coefficient (Wildman–Crippen LogP) is 2.42. The molecular formula is C10H16BrN. The summed E-state index contributed by atoms with van der Waals surface area (Å²) in [5.41, 5.74) is 1.32. The van der Waals surface area contributed by atoms with E-state index in [4.69, 9.17) is 0 Å². The van der Waals surface area contributed by atoms with E-state index in [0.717, 1.165) is 23.8 Å². The molecule has 2 heteroatoms. The first-order valence-electron chi connectivity index (χ1n) is 4.78. The number of piperidine rings is 1. The van der Waals surface area contributed by atoms with E-state index in [1.807, 2.05) is 0 Å². The first-order valence-corrected chi connectivity index (χ1v) is 5.90. The van der Waals surface area contributed by atoms with Crippen LogP contribution in [-0.4, -0.2) is 29.4 Å². The summed E-state index contributed by atoms with van der Waals surface area (Å²) in [5.74, 6) is 1.04. The van der Waals surface area contributed by atoms with Crippen LogP contribution in [0.25, 0.3) is 0 Å². The van der Waals surface area contributed by atoms with Crippen molar-refractivity contribution in [3.63, 3.8) is 0 Å². The second kappa shape index (κ2) is 3.51. The molecule has 68 valence electrons. The fraction of sp³-hybridized carbons (Fsp3) is 0.800. The van der Waals surface area contributed by atoms with Gasteiger partial charge >= 0.3 is 0 Å². The maximum absolute atomic E-state index is 4.03. The van der Waals surface area contributed by atoms with Gasteiger partial charge in [-0.1, -0.05) is 28.1 Å². The number of fused-ring (bicyclic) bond motifs is 1. The van der Waals surface area contributed by atoms with Crippen LogP contribution in [0.15, 0.2) is 12.2 Å². The summed E-state index contributed by atoms with van der Waals surface area (Å²) >= 11 is 3.45. The fourth-order valence-electron chi connectivity index (χ4n) is 2.24. The fourth-order valence-corrected chi connectivity index (χ4v) is 2.41. The molecule has 0 aromatic carbocycles. The number of hydrogen-bond donors (Lipinski definition) is 0. The number of nitrogens with zero attached hydrogens (tertiary/aromatic N) is 1. The first kappa shape index (κ1) is 8.76. The molecule has 1 heterocycles. The number of alkyl halides is 1. The van der Waals surface area contributed by atoms with Gasteiger partial charge in [0.15, 0.2) is 0 Å². The Labute approximate surface area is 82.9 Å². The maximum Gasteiger partial charge on any atom is 0.0251 e. The third kappa shape index (κ3) is 1.74. The van der Waals surface area contributed by atoms with Crippen molar-refractivity contribution in [2.45, 2.75) is 25.3 Å². The molecule has 1 aliphatic carbocycles. The monoisotopic (exact) mass is 229 g/mol. The Bertz CT molecular complexity index is 190. The van der Waals surface area contributed by atoms with Gasteiger partial charge in [-0.25, -0.2) is 0 Å². The zero-order valence-corrected chi connectivity index (χ0v) is 9.02. The number of hydrogen-bond acceptors (Lipinski definition) is 1. The summed E-state index contributed by atoms with van der Waals surface area (Å²) in [6.07, 6.45) is 4.33. The van der Waals surface area contributed by atoms with Gasteiger partial charge in [-0.3, -0.25) is 4.90 Å². The largest absolute Gasteiger partial charge is 0.296 e. The van der Waals surface area contributed by atoms with E-state index in [2.05, 4.69) is 27.4 Å². The molecule has 0 N–H and O–H groups in total. The van der Waals surface area contributed by atoms with Crippen LogP contribution in [0.1, 0.15) is 19.3 Å². The van der Waals surface area contributed by atoms with Crippen molar-refractivity contribution in [3.05, 3.63) is 12.2 Å². The molecule has 12 heavy (non-hydrogen) atoms. The van der Waals surface area contributed by atoms with Gasteiger partial charge in [-0.2, -0.15) is 0 Å². The van der Waals surface area contributed by atoms with Gasteiger partial charge in [0.1, 0.15) is 0 Å². The molecule has 2 rings (SSSR count). The van der Waals surface area contributed by atoms with Gasteiger partial charge in [0.05, 0.1) is 0 Å². The van der Waals surface area contributed by atoms with Crippen LogP contribution in [0.2, 0.25) is 0 Å². The smallest absolute Gasteiger partial charge is 0.0251 e. The quantitative estimate of drug-likeness (QED) is 0.531. The van der Waals surface area contributed by atoms with Crippen LogP contribution in [-0.2, 0) is 0 Å². The molecule has 1 aliphatic heterocycles. The maximum atomic E-state index is 4.03.